The number of aryl methyl sites for hydroxylation is 2. The number of benzene rings is 2. The molecule has 2 aromatic carbocycles. The number of carbonyl (C=O) groups is 1. The molecule has 0 fully saturated rings. The Balaban J connectivity index is 1.57. The van der Waals surface area contributed by atoms with Crippen molar-refractivity contribution in [2.75, 3.05) is 6.61 Å². The molecule has 1 amide bonds. The van der Waals surface area contributed by atoms with E-state index in [1.54, 1.807) is 0 Å². The van der Waals surface area contributed by atoms with Crippen molar-refractivity contribution in [3.8, 4) is 0 Å². The number of carbonyl (C=O) groups excluding carboxylic acids is 1. The van der Waals surface area contributed by atoms with Crippen LogP contribution in [-0.2, 0) is 17.8 Å². The molecule has 1 unspecified atom stereocenters. The van der Waals surface area contributed by atoms with Crippen LogP contribution >= 0.6 is 0 Å². The van der Waals surface area contributed by atoms with Crippen LogP contribution in [0.15, 0.2) is 54.7 Å². The quantitative estimate of drug-likeness (QED) is 0.696. The van der Waals surface area contributed by atoms with Gasteiger partial charge in [0.05, 0.1) is 30.9 Å². The Kier molecular flexibility index (Phi) is 5.46. The van der Waals surface area contributed by atoms with Gasteiger partial charge < -0.3 is 10.4 Å². The van der Waals surface area contributed by atoms with Crippen LogP contribution in [0.5, 0.6) is 0 Å². The Bertz CT molecular complexity index is 843. The third-order valence-electron chi connectivity index (χ3n) is 4.26. The van der Waals surface area contributed by atoms with Gasteiger partial charge in [0, 0.05) is 11.8 Å². The summed E-state index contributed by atoms with van der Waals surface area (Å²) in [5, 5.41) is 17.9. The van der Waals surface area contributed by atoms with Crippen molar-refractivity contribution in [1.29, 1.82) is 0 Å². The van der Waals surface area contributed by atoms with Gasteiger partial charge in [-0.1, -0.05) is 42.5 Å². The largest absolute Gasteiger partial charge is 0.394 e. The molecular weight excluding hydrogens is 314 g/mol. The molecule has 0 saturated heterocycles. The Hall–Kier alpha value is -2.66. The number of rotatable bonds is 7. The zero-order chi connectivity index (χ0) is 17.6. The Labute approximate surface area is 147 Å². The molecule has 1 heterocycles. The van der Waals surface area contributed by atoms with E-state index in [9.17, 15) is 9.90 Å². The van der Waals surface area contributed by atoms with E-state index in [2.05, 4.69) is 22.5 Å². The zero-order valence-corrected chi connectivity index (χ0v) is 14.4. The number of nitrogens with one attached hydrogen (secondary N) is 1. The summed E-state index contributed by atoms with van der Waals surface area (Å²) in [6, 6.07) is 15.7. The van der Waals surface area contributed by atoms with Crippen molar-refractivity contribution >= 4 is 16.8 Å². The first-order valence-corrected chi connectivity index (χ1v) is 8.52. The van der Waals surface area contributed by atoms with Crippen molar-refractivity contribution in [2.24, 2.45) is 0 Å². The molecule has 5 heteroatoms. The number of hydrogen-bond donors (Lipinski definition) is 2. The number of fused-ring (bicyclic) bond motifs is 1. The van der Waals surface area contributed by atoms with Crippen LogP contribution in [0.4, 0.5) is 0 Å². The van der Waals surface area contributed by atoms with Gasteiger partial charge in [0.2, 0.25) is 5.91 Å². The van der Waals surface area contributed by atoms with Crippen molar-refractivity contribution in [1.82, 2.24) is 15.1 Å². The second-order valence-electron chi connectivity index (χ2n) is 6.32. The summed E-state index contributed by atoms with van der Waals surface area (Å²) >= 11 is 0. The molecule has 0 radical (unpaired) electrons. The molecule has 5 nitrogen and oxygen atoms in total. The Morgan fingerprint density at radius 1 is 1.24 bits per heavy atom. The summed E-state index contributed by atoms with van der Waals surface area (Å²) in [5.74, 6) is -0.0775. The average molecular weight is 337 g/mol. The fourth-order valence-electron chi connectivity index (χ4n) is 2.93. The summed E-state index contributed by atoms with van der Waals surface area (Å²) in [6.45, 7) is 2.48. The van der Waals surface area contributed by atoms with Gasteiger partial charge in [-0.2, -0.15) is 5.10 Å². The first kappa shape index (κ1) is 17.2. The van der Waals surface area contributed by atoms with Gasteiger partial charge in [-0.05, 0) is 30.5 Å². The predicted molar refractivity (Wildman–Crippen MR) is 98.2 cm³/mol. The number of amides is 1. The van der Waals surface area contributed by atoms with E-state index in [4.69, 9.17) is 0 Å². The van der Waals surface area contributed by atoms with Crippen LogP contribution in [0.1, 0.15) is 17.5 Å². The molecule has 2 N–H and O–H groups in total. The van der Waals surface area contributed by atoms with Crippen molar-refractivity contribution in [3.05, 3.63) is 65.9 Å². The molecule has 0 aliphatic rings. The van der Waals surface area contributed by atoms with E-state index in [-0.39, 0.29) is 18.6 Å². The minimum atomic E-state index is -0.272. The van der Waals surface area contributed by atoms with E-state index in [1.807, 2.05) is 54.2 Å². The normalized spacial score (nSPS) is 12.2. The maximum atomic E-state index is 12.2. The summed E-state index contributed by atoms with van der Waals surface area (Å²) in [6.07, 6.45) is 2.77. The molecule has 0 saturated carbocycles. The van der Waals surface area contributed by atoms with Gasteiger partial charge >= 0.3 is 0 Å². The summed E-state index contributed by atoms with van der Waals surface area (Å²) < 4.78 is 1.85. The van der Waals surface area contributed by atoms with E-state index < -0.39 is 0 Å². The molecule has 3 aromatic rings. The van der Waals surface area contributed by atoms with Crippen molar-refractivity contribution < 1.29 is 9.90 Å². The first-order valence-electron chi connectivity index (χ1n) is 8.52. The van der Waals surface area contributed by atoms with Gasteiger partial charge in [-0.25, -0.2) is 0 Å². The third kappa shape index (κ3) is 4.45. The number of aliphatic hydroxyl groups is 1. The number of aromatic nitrogens is 2. The highest BCUT2D eigenvalue weighted by molar-refractivity contribution is 5.80. The van der Waals surface area contributed by atoms with Gasteiger partial charge in [0.25, 0.3) is 0 Å². The molecule has 0 aliphatic carbocycles. The van der Waals surface area contributed by atoms with E-state index in [0.29, 0.717) is 19.4 Å². The highest BCUT2D eigenvalue weighted by Crippen LogP contribution is 2.15. The molecular formula is C20H23N3O2. The maximum Gasteiger partial charge on any atom is 0.222 e. The summed E-state index contributed by atoms with van der Waals surface area (Å²) in [4.78, 5) is 12.2. The monoisotopic (exact) mass is 337 g/mol. The second-order valence-corrected chi connectivity index (χ2v) is 6.32. The lowest BCUT2D eigenvalue weighted by Crippen LogP contribution is -2.39. The van der Waals surface area contributed by atoms with Crippen LogP contribution in [0.25, 0.3) is 10.9 Å². The molecule has 0 aliphatic heterocycles. The van der Waals surface area contributed by atoms with Gasteiger partial charge in [-0.15, -0.1) is 0 Å². The number of hydrogen-bond acceptors (Lipinski definition) is 3. The van der Waals surface area contributed by atoms with Crippen molar-refractivity contribution in [3.63, 3.8) is 0 Å². The van der Waals surface area contributed by atoms with Crippen LogP contribution in [0.3, 0.4) is 0 Å². The van der Waals surface area contributed by atoms with Crippen LogP contribution < -0.4 is 5.32 Å². The predicted octanol–water partition coefficient (Wildman–Crippen LogP) is 2.45. The molecule has 0 spiro atoms. The fraction of sp³-hybridized carbons (Fsp3) is 0.300. The number of aliphatic hydroxyl groups excluding tert-OH is 1. The summed E-state index contributed by atoms with van der Waals surface area (Å²) in [5.41, 5.74) is 3.30. The Morgan fingerprint density at radius 3 is 2.80 bits per heavy atom. The average Bonchev–Trinajstić information content (AvgIpc) is 3.02. The highest BCUT2D eigenvalue weighted by atomic mass is 16.3. The molecule has 130 valence electrons. The van der Waals surface area contributed by atoms with Gasteiger partial charge in [-0.3, -0.25) is 9.48 Å². The molecule has 25 heavy (non-hydrogen) atoms. The summed E-state index contributed by atoms with van der Waals surface area (Å²) in [7, 11) is 0. The minimum Gasteiger partial charge on any atom is -0.394 e. The topological polar surface area (TPSA) is 67.2 Å². The first-order chi connectivity index (χ1) is 12.2. The fourth-order valence-corrected chi connectivity index (χ4v) is 2.93. The van der Waals surface area contributed by atoms with Crippen LogP contribution in [0, 0.1) is 6.92 Å². The molecule has 1 atom stereocenters. The van der Waals surface area contributed by atoms with E-state index in [0.717, 1.165) is 16.5 Å². The standard InChI is InChI=1S/C20H23N3O2/c1-15-7-8-17-13-21-23(19(17)11-15)10-9-20(25)22-18(14-24)12-16-5-3-2-4-6-16/h2-8,11,13,18,24H,9-10,12,14H2,1H3,(H,22,25). The van der Waals surface area contributed by atoms with Gasteiger partial charge in [0.15, 0.2) is 0 Å². The van der Waals surface area contributed by atoms with E-state index in [1.165, 1.54) is 5.56 Å². The van der Waals surface area contributed by atoms with Crippen LogP contribution in [-0.4, -0.2) is 33.4 Å². The molecule has 0 bridgehead atoms. The number of nitrogens with zero attached hydrogens (tertiary/aromatic N) is 2. The Morgan fingerprint density at radius 2 is 2.04 bits per heavy atom. The lowest BCUT2D eigenvalue weighted by atomic mass is 10.1. The molecule has 3 rings (SSSR count). The van der Waals surface area contributed by atoms with Crippen molar-refractivity contribution in [2.45, 2.75) is 32.4 Å². The maximum absolute atomic E-state index is 12.2. The smallest absolute Gasteiger partial charge is 0.222 e. The molecule has 1 aromatic heterocycles. The highest BCUT2D eigenvalue weighted by Gasteiger charge is 2.13. The van der Waals surface area contributed by atoms with Crippen LogP contribution in [0.2, 0.25) is 0 Å². The third-order valence-corrected chi connectivity index (χ3v) is 4.26. The SMILES string of the molecule is Cc1ccc2cnn(CCC(=O)NC(CO)Cc3ccccc3)c2c1. The van der Waals surface area contributed by atoms with Gasteiger partial charge in [0.1, 0.15) is 0 Å². The zero-order valence-electron chi connectivity index (χ0n) is 14.4. The minimum absolute atomic E-state index is 0.0775. The lowest BCUT2D eigenvalue weighted by Gasteiger charge is -2.16. The van der Waals surface area contributed by atoms with E-state index >= 15 is 0 Å². The second kappa shape index (κ2) is 7.94. The lowest BCUT2D eigenvalue weighted by molar-refractivity contribution is -0.122.